The van der Waals surface area contributed by atoms with Crippen molar-refractivity contribution in [2.24, 2.45) is 0 Å². The van der Waals surface area contributed by atoms with Gasteiger partial charge in [0.1, 0.15) is 5.75 Å². The van der Waals surface area contributed by atoms with Crippen LogP contribution in [-0.2, 0) is 10.8 Å². The summed E-state index contributed by atoms with van der Waals surface area (Å²) in [7, 11) is 0.913. The van der Waals surface area contributed by atoms with E-state index in [1.165, 1.54) is 30.9 Å². The summed E-state index contributed by atoms with van der Waals surface area (Å²) in [5.74, 6) is 0.942. The number of rotatable bonds is 4. The van der Waals surface area contributed by atoms with Crippen molar-refractivity contribution in [3.63, 3.8) is 0 Å². The van der Waals surface area contributed by atoms with Crippen LogP contribution in [0.25, 0.3) is 0 Å². The Morgan fingerprint density at radius 2 is 2.06 bits per heavy atom. The second-order valence-corrected chi connectivity index (χ2v) is 8.04. The lowest BCUT2D eigenvalue weighted by Gasteiger charge is -2.27. The maximum absolute atomic E-state index is 5.89. The minimum Gasteiger partial charge on any atom is -0.497 e. The summed E-state index contributed by atoms with van der Waals surface area (Å²) < 4.78 is 11.1. The first-order chi connectivity index (χ1) is 8.29. The van der Waals surface area contributed by atoms with E-state index in [9.17, 15) is 0 Å². The Hall–Kier alpha value is -0.803. The molecule has 0 aromatic heterocycles. The molecular formula is C14H22O2Si. The van der Waals surface area contributed by atoms with Gasteiger partial charge in [0, 0.05) is 12.3 Å². The molecule has 0 N–H and O–H groups in total. The van der Waals surface area contributed by atoms with Gasteiger partial charge in [0.05, 0.1) is 15.9 Å². The van der Waals surface area contributed by atoms with Crippen molar-refractivity contribution in [3.05, 3.63) is 29.8 Å². The number of methoxy groups -OCH3 is 1. The van der Waals surface area contributed by atoms with Gasteiger partial charge in [-0.1, -0.05) is 24.2 Å². The number of benzene rings is 1. The molecule has 2 rings (SSSR count). The topological polar surface area (TPSA) is 18.5 Å². The molecule has 0 saturated carbocycles. The lowest BCUT2D eigenvalue weighted by atomic mass is 10.2. The van der Waals surface area contributed by atoms with Crippen LogP contribution >= 0.6 is 0 Å². The molecule has 1 aliphatic heterocycles. The van der Waals surface area contributed by atoms with E-state index in [1.54, 1.807) is 7.11 Å². The molecule has 1 aromatic rings. The molecule has 94 valence electrons. The Balaban J connectivity index is 1.89. The molecule has 1 saturated heterocycles. The molecule has 0 bridgehead atoms. The summed E-state index contributed by atoms with van der Waals surface area (Å²) >= 11 is 0. The van der Waals surface area contributed by atoms with E-state index in [0.29, 0.717) is 5.73 Å². The third-order valence-corrected chi connectivity index (χ3v) is 6.48. The SMILES string of the molecule is COc1ccc(C[SiH](C)C2CCCCO2)cc1. The lowest BCUT2D eigenvalue weighted by Crippen LogP contribution is -2.35. The van der Waals surface area contributed by atoms with Gasteiger partial charge in [0.15, 0.2) is 0 Å². The van der Waals surface area contributed by atoms with Crippen LogP contribution in [0, 0.1) is 0 Å². The zero-order valence-corrected chi connectivity index (χ0v) is 12.0. The van der Waals surface area contributed by atoms with Crippen LogP contribution < -0.4 is 4.74 Å². The summed E-state index contributed by atoms with van der Waals surface area (Å²) in [5, 5.41) is 0. The molecular weight excluding hydrogens is 228 g/mol. The van der Waals surface area contributed by atoms with E-state index in [-0.39, 0.29) is 0 Å². The van der Waals surface area contributed by atoms with E-state index < -0.39 is 8.80 Å². The molecule has 1 fully saturated rings. The third-order valence-electron chi connectivity index (χ3n) is 3.57. The van der Waals surface area contributed by atoms with Crippen molar-refractivity contribution in [2.75, 3.05) is 13.7 Å². The van der Waals surface area contributed by atoms with Gasteiger partial charge in [0.2, 0.25) is 0 Å². The molecule has 17 heavy (non-hydrogen) atoms. The third kappa shape index (κ3) is 3.58. The van der Waals surface area contributed by atoms with Gasteiger partial charge in [-0.25, -0.2) is 0 Å². The molecule has 2 nitrogen and oxygen atoms in total. The standard InChI is InChI=1S/C14H22O2Si/c1-15-13-8-6-12(7-9-13)11-17(2)14-5-3-4-10-16-14/h6-9,14,17H,3-5,10-11H2,1-2H3. The van der Waals surface area contributed by atoms with E-state index in [0.717, 1.165) is 12.4 Å². The van der Waals surface area contributed by atoms with Crippen molar-refractivity contribution in [1.29, 1.82) is 0 Å². The van der Waals surface area contributed by atoms with Gasteiger partial charge in [-0.05, 0) is 37.4 Å². The predicted octanol–water partition coefficient (Wildman–Crippen LogP) is 2.74. The zero-order valence-electron chi connectivity index (χ0n) is 10.8. The Kier molecular flexibility index (Phi) is 4.63. The fraction of sp³-hybridized carbons (Fsp3) is 0.571. The summed E-state index contributed by atoms with van der Waals surface area (Å²) in [6.45, 7) is 3.41. The smallest absolute Gasteiger partial charge is 0.118 e. The minimum absolute atomic E-state index is 0.589. The highest BCUT2D eigenvalue weighted by Gasteiger charge is 2.22. The van der Waals surface area contributed by atoms with Crippen LogP contribution in [0.3, 0.4) is 0 Å². The van der Waals surface area contributed by atoms with Crippen LogP contribution in [-0.4, -0.2) is 28.2 Å². The van der Waals surface area contributed by atoms with Gasteiger partial charge < -0.3 is 9.47 Å². The Morgan fingerprint density at radius 3 is 2.65 bits per heavy atom. The molecule has 0 radical (unpaired) electrons. The molecule has 0 amide bonds. The molecule has 2 unspecified atom stereocenters. The zero-order chi connectivity index (χ0) is 12.1. The first-order valence-electron chi connectivity index (χ1n) is 6.54. The molecule has 2 atom stereocenters. The fourth-order valence-electron chi connectivity index (χ4n) is 2.48. The number of ether oxygens (including phenoxy) is 2. The van der Waals surface area contributed by atoms with Crippen LogP contribution in [0.2, 0.25) is 6.55 Å². The van der Waals surface area contributed by atoms with Crippen LogP contribution in [0.15, 0.2) is 24.3 Å². The van der Waals surface area contributed by atoms with Crippen molar-refractivity contribution in [3.8, 4) is 5.75 Å². The lowest BCUT2D eigenvalue weighted by molar-refractivity contribution is 0.0625. The Morgan fingerprint density at radius 1 is 1.29 bits per heavy atom. The monoisotopic (exact) mass is 250 g/mol. The molecule has 0 spiro atoms. The van der Waals surface area contributed by atoms with Gasteiger partial charge in [0.25, 0.3) is 0 Å². The average molecular weight is 250 g/mol. The van der Waals surface area contributed by atoms with E-state index >= 15 is 0 Å². The largest absolute Gasteiger partial charge is 0.497 e. The van der Waals surface area contributed by atoms with Crippen LogP contribution in [0.1, 0.15) is 24.8 Å². The minimum atomic E-state index is -0.798. The van der Waals surface area contributed by atoms with Crippen molar-refractivity contribution in [1.82, 2.24) is 0 Å². The van der Waals surface area contributed by atoms with Gasteiger partial charge in [-0.3, -0.25) is 0 Å². The maximum Gasteiger partial charge on any atom is 0.118 e. The predicted molar refractivity (Wildman–Crippen MR) is 73.3 cm³/mol. The van der Waals surface area contributed by atoms with Crippen molar-refractivity contribution < 1.29 is 9.47 Å². The average Bonchev–Trinajstić information content (AvgIpc) is 2.40. The van der Waals surface area contributed by atoms with Crippen molar-refractivity contribution >= 4 is 8.80 Å². The first kappa shape index (κ1) is 12.6. The van der Waals surface area contributed by atoms with Crippen LogP contribution in [0.4, 0.5) is 0 Å². The molecule has 3 heteroatoms. The summed E-state index contributed by atoms with van der Waals surface area (Å²) in [4.78, 5) is 0. The second-order valence-electron chi connectivity index (χ2n) is 4.93. The molecule has 1 aliphatic rings. The van der Waals surface area contributed by atoms with Gasteiger partial charge in [-0.2, -0.15) is 0 Å². The second kappa shape index (κ2) is 6.22. The summed E-state index contributed by atoms with van der Waals surface area (Å²) in [6.07, 6.45) is 3.88. The summed E-state index contributed by atoms with van der Waals surface area (Å²) in [5.41, 5.74) is 2.02. The van der Waals surface area contributed by atoms with E-state index in [2.05, 4.69) is 30.8 Å². The highest BCUT2D eigenvalue weighted by Crippen LogP contribution is 2.19. The molecule has 1 aromatic carbocycles. The molecule has 0 aliphatic carbocycles. The van der Waals surface area contributed by atoms with Crippen molar-refractivity contribution in [2.45, 2.75) is 37.6 Å². The highest BCUT2D eigenvalue weighted by atomic mass is 28.3. The first-order valence-corrected chi connectivity index (χ1v) is 9.18. The van der Waals surface area contributed by atoms with E-state index in [1.807, 2.05) is 0 Å². The maximum atomic E-state index is 5.89. The Bertz CT molecular complexity index is 331. The van der Waals surface area contributed by atoms with Gasteiger partial charge >= 0.3 is 0 Å². The molecule has 1 heterocycles. The number of hydrogen-bond acceptors (Lipinski definition) is 2. The Labute approximate surface area is 106 Å². The van der Waals surface area contributed by atoms with E-state index in [4.69, 9.17) is 9.47 Å². The van der Waals surface area contributed by atoms with Crippen LogP contribution in [0.5, 0.6) is 5.75 Å². The van der Waals surface area contributed by atoms with Gasteiger partial charge in [-0.15, -0.1) is 0 Å². The highest BCUT2D eigenvalue weighted by molar-refractivity contribution is 6.58. The normalized spacial score (nSPS) is 22.1. The fourth-order valence-corrected chi connectivity index (χ4v) is 5.03. The number of hydrogen-bond donors (Lipinski definition) is 0. The summed E-state index contributed by atoms with van der Waals surface area (Å²) in [6, 6.07) is 9.71. The quantitative estimate of drug-likeness (QED) is 0.765.